The Morgan fingerprint density at radius 2 is 1.58 bits per heavy atom. The Kier molecular flexibility index (Phi) is 11.2. The summed E-state index contributed by atoms with van der Waals surface area (Å²) in [6.45, 7) is 12.0. The molecule has 2 aliphatic rings. The van der Waals surface area contributed by atoms with E-state index in [4.69, 9.17) is 4.74 Å². The second-order valence-electron chi connectivity index (χ2n) is 13.8. The van der Waals surface area contributed by atoms with Gasteiger partial charge in [0.25, 0.3) is 11.8 Å². The third-order valence-corrected chi connectivity index (χ3v) is 10.00. The van der Waals surface area contributed by atoms with Gasteiger partial charge in [-0.05, 0) is 93.8 Å². The molecule has 2 amide bonds. The van der Waals surface area contributed by atoms with Crippen LogP contribution in [0.4, 0.5) is 4.39 Å². The molecule has 1 saturated heterocycles. The van der Waals surface area contributed by atoms with Gasteiger partial charge in [0, 0.05) is 63.6 Å². The normalized spacial score (nSPS) is 18.6. The number of rotatable bonds is 11. The maximum absolute atomic E-state index is 14.3. The zero-order valence-electron chi connectivity index (χ0n) is 29.5. The molecule has 50 heavy (non-hydrogen) atoms. The monoisotopic (exact) mass is 681 g/mol. The number of benzene rings is 2. The van der Waals surface area contributed by atoms with Crippen molar-refractivity contribution in [3.05, 3.63) is 95.2 Å². The van der Waals surface area contributed by atoms with Crippen LogP contribution in [0, 0.1) is 12.7 Å². The lowest BCUT2D eigenvalue weighted by Gasteiger charge is -2.36. The smallest absolute Gasteiger partial charge is 0.272 e. The van der Waals surface area contributed by atoms with Gasteiger partial charge >= 0.3 is 0 Å². The van der Waals surface area contributed by atoms with Crippen LogP contribution < -0.4 is 15.4 Å². The van der Waals surface area contributed by atoms with E-state index < -0.39 is 11.7 Å². The number of ether oxygens (including phenoxy) is 1. The molecule has 2 aromatic carbocycles. The minimum atomic E-state index is -0.620. The molecule has 1 saturated carbocycles. The van der Waals surface area contributed by atoms with Gasteiger partial charge in [-0.3, -0.25) is 19.2 Å². The van der Waals surface area contributed by atoms with Crippen molar-refractivity contribution in [3.63, 3.8) is 0 Å². The van der Waals surface area contributed by atoms with Crippen LogP contribution in [0.15, 0.2) is 66.9 Å². The summed E-state index contributed by atoms with van der Waals surface area (Å²) in [7, 11) is 1.80. The highest BCUT2D eigenvalue weighted by Crippen LogP contribution is 2.29. The lowest BCUT2D eigenvalue weighted by Crippen LogP contribution is -2.49. The highest BCUT2D eigenvalue weighted by Gasteiger charge is 2.27. The zero-order chi connectivity index (χ0) is 35.2. The zero-order valence-corrected chi connectivity index (χ0v) is 29.5. The van der Waals surface area contributed by atoms with E-state index in [2.05, 4.69) is 68.6 Å². The molecule has 10 nitrogen and oxygen atoms in total. The van der Waals surface area contributed by atoms with Gasteiger partial charge in [0.1, 0.15) is 22.8 Å². The summed E-state index contributed by atoms with van der Waals surface area (Å²) in [5, 5.41) is 10.3. The van der Waals surface area contributed by atoms with E-state index in [1.165, 1.54) is 5.56 Å². The van der Waals surface area contributed by atoms with E-state index in [-0.39, 0.29) is 29.4 Å². The summed E-state index contributed by atoms with van der Waals surface area (Å²) >= 11 is 0. The standard InChI is InChI=1S/C39H48FN7O3/c1-26(2)47-20-18-46(19-21-47)17-16-28-8-10-29(11-9-28)30-6-5-7-34(23-30)50-39-35(24-31(40)25-41-39)37(48)42-32-12-14-33(15-13-32)43-38(49)36-22-27(3)45(4)44-36/h5-11,22-26,32-33H,12-21H2,1-4H3,(H,42,48)(H,43,49). The van der Waals surface area contributed by atoms with Crippen molar-refractivity contribution < 1.29 is 18.7 Å². The number of hydrogen-bond donors (Lipinski definition) is 2. The van der Waals surface area contributed by atoms with Crippen molar-refractivity contribution in [2.24, 2.45) is 7.05 Å². The van der Waals surface area contributed by atoms with Crippen molar-refractivity contribution in [2.75, 3.05) is 32.7 Å². The summed E-state index contributed by atoms with van der Waals surface area (Å²) in [6, 6.07) is 19.6. The highest BCUT2D eigenvalue weighted by atomic mass is 19.1. The Bertz CT molecular complexity index is 1760. The number of hydrogen-bond acceptors (Lipinski definition) is 7. The summed E-state index contributed by atoms with van der Waals surface area (Å²) < 4.78 is 22.1. The van der Waals surface area contributed by atoms with E-state index in [9.17, 15) is 14.0 Å². The second-order valence-corrected chi connectivity index (χ2v) is 13.8. The number of amides is 2. The predicted molar refractivity (Wildman–Crippen MR) is 192 cm³/mol. The van der Waals surface area contributed by atoms with Gasteiger partial charge in [0.05, 0.1) is 6.20 Å². The van der Waals surface area contributed by atoms with Crippen molar-refractivity contribution in [1.29, 1.82) is 0 Å². The first-order valence-corrected chi connectivity index (χ1v) is 17.7. The number of nitrogens with one attached hydrogen (secondary N) is 2. The van der Waals surface area contributed by atoms with Crippen molar-refractivity contribution >= 4 is 11.8 Å². The first-order valence-electron chi connectivity index (χ1n) is 17.7. The molecule has 1 aliphatic heterocycles. The molecule has 264 valence electrons. The molecule has 0 radical (unpaired) electrons. The van der Waals surface area contributed by atoms with Crippen LogP contribution >= 0.6 is 0 Å². The van der Waals surface area contributed by atoms with Gasteiger partial charge in [-0.25, -0.2) is 9.37 Å². The van der Waals surface area contributed by atoms with Crippen LogP contribution in [0.3, 0.4) is 0 Å². The van der Waals surface area contributed by atoms with Crippen molar-refractivity contribution in [2.45, 2.75) is 71.0 Å². The molecule has 1 aliphatic carbocycles. The maximum atomic E-state index is 14.3. The summed E-state index contributed by atoms with van der Waals surface area (Å²) in [5.74, 6) is -0.726. The fourth-order valence-corrected chi connectivity index (χ4v) is 6.75. The lowest BCUT2D eigenvalue weighted by molar-refractivity contribution is 0.0887. The Balaban J connectivity index is 1.02. The highest BCUT2D eigenvalue weighted by molar-refractivity contribution is 5.96. The fraction of sp³-hybridized carbons (Fsp3) is 0.436. The fourth-order valence-electron chi connectivity index (χ4n) is 6.75. The van der Waals surface area contributed by atoms with Crippen LogP contribution in [-0.2, 0) is 13.5 Å². The van der Waals surface area contributed by atoms with Crippen molar-refractivity contribution in [3.8, 4) is 22.8 Å². The molecule has 6 rings (SSSR count). The maximum Gasteiger partial charge on any atom is 0.272 e. The molecule has 2 aromatic heterocycles. The third kappa shape index (κ3) is 8.94. The molecule has 0 spiro atoms. The third-order valence-electron chi connectivity index (χ3n) is 10.00. The lowest BCUT2D eigenvalue weighted by atomic mass is 9.91. The molecule has 0 atom stereocenters. The summed E-state index contributed by atoms with van der Waals surface area (Å²) in [5.41, 5.74) is 4.66. The average molecular weight is 682 g/mol. The van der Waals surface area contributed by atoms with Gasteiger partial charge < -0.3 is 20.3 Å². The SMILES string of the molecule is Cc1cc(C(=O)NC2CCC(NC(=O)c3cc(F)cnc3Oc3cccc(-c4ccc(CCN5CCN(C(C)C)CC5)cc4)c3)CC2)nn1C. The first kappa shape index (κ1) is 35.2. The van der Waals surface area contributed by atoms with Gasteiger partial charge in [-0.1, -0.05) is 36.4 Å². The van der Waals surface area contributed by atoms with Gasteiger partial charge in [0.15, 0.2) is 0 Å². The minimum absolute atomic E-state index is 0.00730. The van der Waals surface area contributed by atoms with E-state index >= 15 is 0 Å². The molecule has 2 fully saturated rings. The number of aromatic nitrogens is 3. The van der Waals surface area contributed by atoms with E-state index in [0.29, 0.717) is 43.2 Å². The average Bonchev–Trinajstić information content (AvgIpc) is 3.47. The van der Waals surface area contributed by atoms with Gasteiger partial charge in [-0.15, -0.1) is 0 Å². The number of carbonyl (C=O) groups is 2. The quantitative estimate of drug-likeness (QED) is 0.208. The van der Waals surface area contributed by atoms with Gasteiger partial charge in [-0.2, -0.15) is 5.10 Å². The van der Waals surface area contributed by atoms with Crippen LogP contribution in [0.1, 0.15) is 71.6 Å². The van der Waals surface area contributed by atoms with E-state index in [1.807, 2.05) is 25.1 Å². The van der Waals surface area contributed by atoms with Crippen LogP contribution in [-0.4, -0.2) is 87.2 Å². The van der Waals surface area contributed by atoms with Crippen LogP contribution in [0.25, 0.3) is 11.1 Å². The minimum Gasteiger partial charge on any atom is -0.438 e. The molecule has 4 aromatic rings. The Morgan fingerprint density at radius 3 is 2.22 bits per heavy atom. The van der Waals surface area contributed by atoms with Crippen LogP contribution in [0.2, 0.25) is 0 Å². The second kappa shape index (κ2) is 15.9. The molecular weight excluding hydrogens is 633 g/mol. The number of piperazine rings is 1. The Morgan fingerprint density at radius 1 is 0.900 bits per heavy atom. The summed E-state index contributed by atoms with van der Waals surface area (Å²) in [4.78, 5) is 35.2. The van der Waals surface area contributed by atoms with E-state index in [0.717, 1.165) is 68.2 Å². The molecule has 11 heteroatoms. The number of aryl methyl sites for hydroxylation is 2. The molecular formula is C39H48FN7O3. The van der Waals surface area contributed by atoms with Crippen molar-refractivity contribution in [1.82, 2.24) is 35.2 Å². The number of halogens is 1. The Labute approximate surface area is 294 Å². The summed E-state index contributed by atoms with van der Waals surface area (Å²) in [6.07, 6.45) is 4.82. The van der Waals surface area contributed by atoms with Crippen LogP contribution in [0.5, 0.6) is 11.6 Å². The molecule has 0 unspecified atom stereocenters. The topological polar surface area (TPSA) is 105 Å². The molecule has 3 heterocycles. The van der Waals surface area contributed by atoms with Gasteiger partial charge in [0.2, 0.25) is 5.88 Å². The largest absolute Gasteiger partial charge is 0.438 e. The predicted octanol–water partition coefficient (Wildman–Crippen LogP) is 5.76. The number of nitrogens with zero attached hydrogens (tertiary/aromatic N) is 5. The molecule has 0 bridgehead atoms. The molecule has 2 N–H and O–H groups in total. The van der Waals surface area contributed by atoms with E-state index in [1.54, 1.807) is 23.9 Å². The number of pyridine rings is 1. The Hall–Kier alpha value is -4.61. The first-order chi connectivity index (χ1) is 24.1. The number of carbonyl (C=O) groups excluding carboxylic acids is 2.